The van der Waals surface area contributed by atoms with Crippen LogP contribution in [0.5, 0.6) is 0 Å². The number of nitrogens with one attached hydrogen (secondary N) is 1. The van der Waals surface area contributed by atoms with Crippen LogP contribution in [0.1, 0.15) is 60.3 Å². The zero-order valence-electron chi connectivity index (χ0n) is 20.2. The Kier molecular flexibility index (Phi) is 6.46. The molecule has 2 amide bonds. The van der Waals surface area contributed by atoms with E-state index < -0.39 is 15.9 Å². The first-order valence-electron chi connectivity index (χ1n) is 12.4. The largest absolute Gasteiger partial charge is 0.465 e. The van der Waals surface area contributed by atoms with Gasteiger partial charge in [0.2, 0.25) is 0 Å². The number of imidazole rings is 1. The summed E-state index contributed by atoms with van der Waals surface area (Å²) in [6.45, 7) is 3.02. The Labute approximate surface area is 210 Å². The smallest absolute Gasteiger partial charge is 0.407 e. The number of carbonyl (C=O) groups is 2. The van der Waals surface area contributed by atoms with Crippen LogP contribution in [-0.2, 0) is 22.9 Å². The molecule has 2 heterocycles. The monoisotopic (exact) mass is 510 g/mol. The number of aromatic nitrogens is 2. The molecular formula is C26H30N4O5S. The summed E-state index contributed by atoms with van der Waals surface area (Å²) in [6, 6.07) is 11.9. The summed E-state index contributed by atoms with van der Waals surface area (Å²) < 4.78 is 26.1. The van der Waals surface area contributed by atoms with Crippen LogP contribution >= 0.6 is 0 Å². The molecule has 190 valence electrons. The van der Waals surface area contributed by atoms with Crippen LogP contribution in [0.2, 0.25) is 0 Å². The molecule has 0 spiro atoms. The third kappa shape index (κ3) is 4.82. The molecule has 5 rings (SSSR count). The Bertz CT molecular complexity index is 1410. The van der Waals surface area contributed by atoms with Crippen molar-refractivity contribution in [3.05, 3.63) is 59.4 Å². The van der Waals surface area contributed by atoms with Gasteiger partial charge in [-0.15, -0.1) is 0 Å². The summed E-state index contributed by atoms with van der Waals surface area (Å²) in [5.41, 5.74) is 2.95. The summed E-state index contributed by atoms with van der Waals surface area (Å²) in [4.78, 5) is 31.1. The average molecular weight is 511 g/mol. The molecule has 36 heavy (non-hydrogen) atoms. The van der Waals surface area contributed by atoms with Gasteiger partial charge in [-0.3, -0.25) is 4.79 Å². The lowest BCUT2D eigenvalue weighted by Gasteiger charge is -2.23. The van der Waals surface area contributed by atoms with Gasteiger partial charge in [-0.1, -0.05) is 19.1 Å². The van der Waals surface area contributed by atoms with Crippen LogP contribution in [0.3, 0.4) is 0 Å². The lowest BCUT2D eigenvalue weighted by atomic mass is 10.1. The molecule has 2 aromatic carbocycles. The zero-order valence-corrected chi connectivity index (χ0v) is 21.0. The maximum absolute atomic E-state index is 12.9. The quantitative estimate of drug-likeness (QED) is 0.476. The van der Waals surface area contributed by atoms with Crippen molar-refractivity contribution in [3.63, 3.8) is 0 Å². The lowest BCUT2D eigenvalue weighted by Crippen LogP contribution is -2.37. The maximum atomic E-state index is 12.9. The number of nitrogens with zero attached hydrogens (tertiary/aromatic N) is 3. The minimum Gasteiger partial charge on any atom is -0.465 e. The number of amides is 2. The van der Waals surface area contributed by atoms with Crippen molar-refractivity contribution in [2.24, 2.45) is 0 Å². The predicted molar refractivity (Wildman–Crippen MR) is 135 cm³/mol. The molecular weight excluding hydrogens is 480 g/mol. The van der Waals surface area contributed by atoms with Gasteiger partial charge in [0.1, 0.15) is 5.82 Å². The van der Waals surface area contributed by atoms with E-state index in [1.54, 1.807) is 43.3 Å². The number of hydrogen-bond acceptors (Lipinski definition) is 5. The Morgan fingerprint density at radius 1 is 1.11 bits per heavy atom. The molecule has 1 aliphatic carbocycles. The third-order valence-electron chi connectivity index (χ3n) is 7.11. The van der Waals surface area contributed by atoms with Crippen LogP contribution in [0.15, 0.2) is 47.4 Å². The Morgan fingerprint density at radius 2 is 1.86 bits per heavy atom. The van der Waals surface area contributed by atoms with Crippen LogP contribution in [0.25, 0.3) is 11.0 Å². The minimum atomic E-state index is -3.26. The van der Waals surface area contributed by atoms with Gasteiger partial charge < -0.3 is 19.9 Å². The second-order valence-corrected chi connectivity index (χ2v) is 11.8. The maximum Gasteiger partial charge on any atom is 0.407 e. The van der Waals surface area contributed by atoms with Crippen molar-refractivity contribution >= 4 is 32.9 Å². The number of rotatable bonds is 8. The molecule has 2 N–H and O–H groups in total. The van der Waals surface area contributed by atoms with E-state index >= 15 is 0 Å². The van der Waals surface area contributed by atoms with E-state index in [4.69, 9.17) is 4.98 Å². The van der Waals surface area contributed by atoms with Crippen LogP contribution in [0, 0.1) is 0 Å². The molecule has 1 aromatic heterocycles. The molecule has 0 bridgehead atoms. The Morgan fingerprint density at radius 3 is 2.53 bits per heavy atom. The molecule has 1 saturated carbocycles. The van der Waals surface area contributed by atoms with Gasteiger partial charge in [-0.25, -0.2) is 18.2 Å². The number of sulfone groups is 1. The summed E-state index contributed by atoms with van der Waals surface area (Å²) in [6.07, 6.45) is 2.96. The average Bonchev–Trinajstić information content (AvgIpc) is 3.51. The molecule has 1 aliphatic heterocycles. The van der Waals surface area contributed by atoms with E-state index in [1.807, 2.05) is 6.07 Å². The van der Waals surface area contributed by atoms with Crippen molar-refractivity contribution < 1.29 is 23.1 Å². The number of hydrogen-bond donors (Lipinski definition) is 2. The van der Waals surface area contributed by atoms with Gasteiger partial charge in [-0.05, 0) is 61.6 Å². The molecule has 0 radical (unpaired) electrons. The number of carbonyl (C=O) groups excluding carboxylic acids is 1. The minimum absolute atomic E-state index is 0.0439. The van der Waals surface area contributed by atoms with Gasteiger partial charge >= 0.3 is 6.09 Å². The first kappa shape index (κ1) is 24.3. The summed E-state index contributed by atoms with van der Waals surface area (Å²) in [5, 5.41) is 12.4. The van der Waals surface area contributed by atoms with Gasteiger partial charge in [0.15, 0.2) is 9.84 Å². The topological polar surface area (TPSA) is 122 Å². The number of likely N-dealkylation sites (tertiary alicyclic amines) is 1. The zero-order chi connectivity index (χ0) is 25.4. The number of benzene rings is 2. The van der Waals surface area contributed by atoms with Crippen LogP contribution in [0.4, 0.5) is 4.79 Å². The second-order valence-electron chi connectivity index (χ2n) is 9.56. The molecule has 10 heteroatoms. The highest BCUT2D eigenvalue weighted by atomic mass is 32.2. The predicted octanol–water partition coefficient (Wildman–Crippen LogP) is 3.78. The van der Waals surface area contributed by atoms with Crippen molar-refractivity contribution in [1.29, 1.82) is 0 Å². The van der Waals surface area contributed by atoms with Gasteiger partial charge in [-0.2, -0.15) is 0 Å². The van der Waals surface area contributed by atoms with E-state index in [0.29, 0.717) is 24.6 Å². The first-order valence-corrected chi connectivity index (χ1v) is 14.0. The van der Waals surface area contributed by atoms with Gasteiger partial charge in [0.25, 0.3) is 5.91 Å². The molecule has 1 atom stereocenters. The second kappa shape index (κ2) is 9.57. The van der Waals surface area contributed by atoms with E-state index in [-0.39, 0.29) is 29.1 Å². The van der Waals surface area contributed by atoms with Crippen molar-refractivity contribution in [2.45, 2.75) is 62.6 Å². The number of carboxylic acid groups (broad SMARTS) is 1. The Balaban J connectivity index is 1.32. The van der Waals surface area contributed by atoms with E-state index in [1.165, 1.54) is 4.90 Å². The molecule has 2 aliphatic rings. The standard InChI is InChI=1S/C26H30N4O5S/c1-2-36(34,35)21-10-5-17(6-11-21)15-27-25(31)19-9-12-23-22(14-19)28-24(18-7-8-18)30(23)16-20-4-3-13-29(20)26(32)33/h5-6,9-12,14,18,20H,2-4,7-8,13,15-16H2,1H3,(H,27,31)(H,32,33)/t20-/m1/s1. The van der Waals surface area contributed by atoms with Crippen molar-refractivity contribution in [1.82, 2.24) is 19.8 Å². The fourth-order valence-corrected chi connectivity index (χ4v) is 5.77. The fraction of sp³-hybridized carbons (Fsp3) is 0.423. The van der Waals surface area contributed by atoms with Crippen LogP contribution < -0.4 is 5.32 Å². The molecule has 2 fully saturated rings. The molecule has 1 saturated heterocycles. The van der Waals surface area contributed by atoms with E-state index in [2.05, 4.69) is 9.88 Å². The third-order valence-corrected chi connectivity index (χ3v) is 8.86. The van der Waals surface area contributed by atoms with E-state index in [0.717, 1.165) is 48.1 Å². The molecule has 0 unspecified atom stereocenters. The van der Waals surface area contributed by atoms with Crippen molar-refractivity contribution in [2.75, 3.05) is 12.3 Å². The van der Waals surface area contributed by atoms with E-state index in [9.17, 15) is 23.1 Å². The van der Waals surface area contributed by atoms with Gasteiger partial charge in [0.05, 0.1) is 27.7 Å². The van der Waals surface area contributed by atoms with Gasteiger partial charge in [0, 0.05) is 31.1 Å². The fourth-order valence-electron chi connectivity index (χ4n) is 4.89. The molecule has 9 nitrogen and oxygen atoms in total. The summed E-state index contributed by atoms with van der Waals surface area (Å²) >= 11 is 0. The summed E-state index contributed by atoms with van der Waals surface area (Å²) in [7, 11) is -3.26. The first-order chi connectivity index (χ1) is 17.3. The number of fused-ring (bicyclic) bond motifs is 1. The van der Waals surface area contributed by atoms with Crippen molar-refractivity contribution in [3.8, 4) is 0 Å². The van der Waals surface area contributed by atoms with Crippen LogP contribution in [-0.4, -0.2) is 58.3 Å². The normalized spacial score (nSPS) is 18.0. The highest BCUT2D eigenvalue weighted by Crippen LogP contribution is 2.41. The Hall–Kier alpha value is -3.40. The lowest BCUT2D eigenvalue weighted by molar-refractivity contribution is 0.0950. The summed E-state index contributed by atoms with van der Waals surface area (Å²) in [5.74, 6) is 1.16. The molecule has 3 aromatic rings. The highest BCUT2D eigenvalue weighted by Gasteiger charge is 2.33. The SMILES string of the molecule is CCS(=O)(=O)c1ccc(CNC(=O)c2ccc3c(c2)nc(C2CC2)n3C[C@H]2CCCN2C(=O)O)cc1. The highest BCUT2D eigenvalue weighted by molar-refractivity contribution is 7.91.